The van der Waals surface area contributed by atoms with Gasteiger partial charge in [-0.2, -0.15) is 4.98 Å². The van der Waals surface area contributed by atoms with Crippen molar-refractivity contribution in [3.05, 3.63) is 40.6 Å². The molecule has 0 aliphatic heterocycles. The number of nitrogens with one attached hydrogen (secondary N) is 2. The molecule has 0 bridgehead atoms. The van der Waals surface area contributed by atoms with Crippen LogP contribution in [0.25, 0.3) is 0 Å². The standard InChI is InChI=1S/C19H26N4/c1-11(2)20-19-21-16(15-6-7-15)10-17(23-19)22-18-13(4)8-12(3)9-14(18)5/h8-11,15H,6-7H2,1-5H3,(H2,20,21,22,23). The lowest BCUT2D eigenvalue weighted by molar-refractivity contribution is 0.864. The lowest BCUT2D eigenvalue weighted by Crippen LogP contribution is -2.14. The third-order valence-electron chi connectivity index (χ3n) is 4.09. The molecular formula is C19H26N4. The van der Waals surface area contributed by atoms with Crippen LogP contribution in [0.4, 0.5) is 17.5 Å². The van der Waals surface area contributed by atoms with Crippen molar-refractivity contribution in [2.75, 3.05) is 10.6 Å². The third kappa shape index (κ3) is 3.81. The maximum Gasteiger partial charge on any atom is 0.225 e. The van der Waals surface area contributed by atoms with E-state index in [1.807, 2.05) is 0 Å². The maximum absolute atomic E-state index is 4.67. The van der Waals surface area contributed by atoms with E-state index in [4.69, 9.17) is 0 Å². The average molecular weight is 310 g/mol. The Bertz CT molecular complexity index is 694. The number of anilines is 3. The monoisotopic (exact) mass is 310 g/mol. The first-order chi connectivity index (χ1) is 10.9. The van der Waals surface area contributed by atoms with Gasteiger partial charge in [-0.05, 0) is 58.6 Å². The average Bonchev–Trinajstić information content (AvgIpc) is 3.26. The molecule has 122 valence electrons. The largest absolute Gasteiger partial charge is 0.352 e. The molecule has 4 nitrogen and oxygen atoms in total. The summed E-state index contributed by atoms with van der Waals surface area (Å²) in [6, 6.07) is 6.82. The Morgan fingerprint density at radius 1 is 1.00 bits per heavy atom. The summed E-state index contributed by atoms with van der Waals surface area (Å²) in [6.45, 7) is 10.6. The topological polar surface area (TPSA) is 49.8 Å². The van der Waals surface area contributed by atoms with E-state index in [2.05, 4.69) is 73.4 Å². The summed E-state index contributed by atoms with van der Waals surface area (Å²) in [5, 5.41) is 6.84. The zero-order valence-electron chi connectivity index (χ0n) is 14.7. The minimum Gasteiger partial charge on any atom is -0.352 e. The van der Waals surface area contributed by atoms with Crippen LogP contribution < -0.4 is 10.6 Å². The van der Waals surface area contributed by atoms with Crippen LogP contribution in [0.1, 0.15) is 55.0 Å². The predicted molar refractivity (Wildman–Crippen MR) is 96.7 cm³/mol. The van der Waals surface area contributed by atoms with Gasteiger partial charge in [0.25, 0.3) is 0 Å². The molecule has 0 atom stereocenters. The minimum absolute atomic E-state index is 0.320. The van der Waals surface area contributed by atoms with Gasteiger partial charge in [0.2, 0.25) is 5.95 Å². The molecule has 1 fully saturated rings. The van der Waals surface area contributed by atoms with Crippen molar-refractivity contribution >= 4 is 17.5 Å². The van der Waals surface area contributed by atoms with Crippen molar-refractivity contribution < 1.29 is 0 Å². The van der Waals surface area contributed by atoms with Gasteiger partial charge in [-0.25, -0.2) is 4.98 Å². The van der Waals surface area contributed by atoms with Gasteiger partial charge in [0.1, 0.15) is 5.82 Å². The first kappa shape index (κ1) is 15.8. The Morgan fingerprint density at radius 3 is 2.22 bits per heavy atom. The highest BCUT2D eigenvalue weighted by Gasteiger charge is 2.26. The lowest BCUT2D eigenvalue weighted by Gasteiger charge is -2.16. The SMILES string of the molecule is Cc1cc(C)c(Nc2cc(C3CC3)nc(NC(C)C)n2)c(C)c1. The number of rotatable bonds is 5. The van der Waals surface area contributed by atoms with Crippen molar-refractivity contribution in [1.82, 2.24) is 9.97 Å². The Kier molecular flexibility index (Phi) is 4.24. The summed E-state index contributed by atoms with van der Waals surface area (Å²) in [6.07, 6.45) is 2.47. The molecule has 1 aliphatic carbocycles. The molecule has 0 unspecified atom stereocenters. The Labute approximate surface area is 138 Å². The predicted octanol–water partition coefficient (Wildman–Crippen LogP) is 4.84. The van der Waals surface area contributed by atoms with Gasteiger partial charge in [-0.1, -0.05) is 17.7 Å². The fraction of sp³-hybridized carbons (Fsp3) is 0.474. The van der Waals surface area contributed by atoms with Gasteiger partial charge in [-0.15, -0.1) is 0 Å². The van der Waals surface area contributed by atoms with Gasteiger partial charge >= 0.3 is 0 Å². The quantitative estimate of drug-likeness (QED) is 0.829. The van der Waals surface area contributed by atoms with Crippen molar-refractivity contribution in [3.63, 3.8) is 0 Å². The number of aryl methyl sites for hydroxylation is 3. The molecule has 0 saturated heterocycles. The molecule has 4 heteroatoms. The number of nitrogens with zero attached hydrogens (tertiary/aromatic N) is 2. The van der Waals surface area contributed by atoms with E-state index in [0.717, 1.165) is 17.2 Å². The summed E-state index contributed by atoms with van der Waals surface area (Å²) >= 11 is 0. The summed E-state index contributed by atoms with van der Waals surface area (Å²) in [5.41, 5.74) is 6.06. The minimum atomic E-state index is 0.320. The molecule has 1 aromatic carbocycles. The molecule has 0 amide bonds. The molecule has 1 heterocycles. The number of benzene rings is 1. The van der Waals surface area contributed by atoms with E-state index in [-0.39, 0.29) is 0 Å². The van der Waals surface area contributed by atoms with Crippen LogP contribution in [0, 0.1) is 20.8 Å². The Hall–Kier alpha value is -2.10. The summed E-state index contributed by atoms with van der Waals surface area (Å²) in [4.78, 5) is 9.32. The van der Waals surface area contributed by atoms with Crippen LogP contribution in [0.3, 0.4) is 0 Å². The fourth-order valence-corrected chi connectivity index (χ4v) is 2.95. The summed E-state index contributed by atoms with van der Waals surface area (Å²) in [7, 11) is 0. The van der Waals surface area contributed by atoms with E-state index in [0.29, 0.717) is 17.9 Å². The molecule has 1 aromatic heterocycles. The van der Waals surface area contributed by atoms with Crippen LogP contribution in [0.15, 0.2) is 18.2 Å². The van der Waals surface area contributed by atoms with Crippen LogP contribution >= 0.6 is 0 Å². The molecule has 3 rings (SSSR count). The molecule has 23 heavy (non-hydrogen) atoms. The lowest BCUT2D eigenvalue weighted by atomic mass is 10.1. The van der Waals surface area contributed by atoms with E-state index in [1.165, 1.54) is 29.5 Å². The molecule has 2 aromatic rings. The first-order valence-corrected chi connectivity index (χ1v) is 8.43. The highest BCUT2D eigenvalue weighted by Crippen LogP contribution is 2.40. The van der Waals surface area contributed by atoms with Gasteiger partial charge in [0.15, 0.2) is 0 Å². The smallest absolute Gasteiger partial charge is 0.225 e. The van der Waals surface area contributed by atoms with Crippen LogP contribution in [-0.2, 0) is 0 Å². The second-order valence-electron chi connectivity index (χ2n) is 6.97. The molecule has 0 spiro atoms. The zero-order valence-corrected chi connectivity index (χ0v) is 14.7. The Balaban J connectivity index is 1.94. The number of hydrogen-bond donors (Lipinski definition) is 2. The van der Waals surface area contributed by atoms with Crippen LogP contribution in [-0.4, -0.2) is 16.0 Å². The van der Waals surface area contributed by atoms with E-state index < -0.39 is 0 Å². The molecule has 1 saturated carbocycles. The maximum atomic E-state index is 4.67. The van der Waals surface area contributed by atoms with Crippen molar-refractivity contribution in [2.24, 2.45) is 0 Å². The van der Waals surface area contributed by atoms with Crippen molar-refractivity contribution in [1.29, 1.82) is 0 Å². The van der Waals surface area contributed by atoms with E-state index >= 15 is 0 Å². The van der Waals surface area contributed by atoms with Crippen molar-refractivity contribution in [2.45, 2.75) is 59.4 Å². The molecule has 2 N–H and O–H groups in total. The molecule has 0 radical (unpaired) electrons. The second kappa shape index (κ2) is 6.19. The van der Waals surface area contributed by atoms with Crippen molar-refractivity contribution in [3.8, 4) is 0 Å². The number of hydrogen-bond acceptors (Lipinski definition) is 4. The first-order valence-electron chi connectivity index (χ1n) is 8.43. The molecular weight excluding hydrogens is 284 g/mol. The summed E-state index contributed by atoms with van der Waals surface area (Å²) in [5.74, 6) is 2.20. The Morgan fingerprint density at radius 2 is 1.65 bits per heavy atom. The van der Waals surface area contributed by atoms with Gasteiger partial charge in [0.05, 0.1) is 5.69 Å². The van der Waals surface area contributed by atoms with Gasteiger partial charge in [-0.3, -0.25) is 0 Å². The second-order valence-corrected chi connectivity index (χ2v) is 6.97. The van der Waals surface area contributed by atoms with Gasteiger partial charge < -0.3 is 10.6 Å². The fourth-order valence-electron chi connectivity index (χ4n) is 2.95. The van der Waals surface area contributed by atoms with E-state index in [1.54, 1.807) is 0 Å². The summed E-state index contributed by atoms with van der Waals surface area (Å²) < 4.78 is 0. The highest BCUT2D eigenvalue weighted by atomic mass is 15.2. The normalized spacial score (nSPS) is 14.2. The number of aromatic nitrogens is 2. The third-order valence-corrected chi connectivity index (χ3v) is 4.09. The van der Waals surface area contributed by atoms with E-state index in [9.17, 15) is 0 Å². The van der Waals surface area contributed by atoms with Crippen LogP contribution in [0.5, 0.6) is 0 Å². The zero-order chi connectivity index (χ0) is 16.6. The van der Waals surface area contributed by atoms with Crippen LogP contribution in [0.2, 0.25) is 0 Å². The molecule has 1 aliphatic rings. The highest BCUT2D eigenvalue weighted by molar-refractivity contribution is 5.66. The van der Waals surface area contributed by atoms with Gasteiger partial charge in [0, 0.05) is 23.7 Å².